The van der Waals surface area contributed by atoms with E-state index in [-0.39, 0.29) is 11.1 Å². The van der Waals surface area contributed by atoms with Crippen LogP contribution < -0.4 is 0 Å². The quantitative estimate of drug-likeness (QED) is 0.601. The number of carbonyl (C=O) groups excluding carboxylic acids is 1. The first-order valence-corrected chi connectivity index (χ1v) is 7.40. The van der Waals surface area contributed by atoms with Gasteiger partial charge in [-0.2, -0.15) is 13.2 Å². The number of benzene rings is 2. The topological polar surface area (TPSA) is 57.5 Å². The van der Waals surface area contributed by atoms with Crippen LogP contribution in [0, 0.1) is 29.2 Å². The number of hydrogen-bond acceptors (Lipinski definition) is 3. The predicted molar refractivity (Wildman–Crippen MR) is 75.5 cm³/mol. The molecule has 144 valence electrons. The molecule has 2 N–H and O–H groups in total. The van der Waals surface area contributed by atoms with Crippen LogP contribution in [0.1, 0.15) is 39.3 Å². The van der Waals surface area contributed by atoms with Gasteiger partial charge in [0.1, 0.15) is 5.56 Å². The molecule has 2 aromatic rings. The molecule has 3 nitrogen and oxygen atoms in total. The summed E-state index contributed by atoms with van der Waals surface area (Å²) < 4.78 is 93.6. The van der Waals surface area contributed by atoms with E-state index in [1.807, 2.05) is 0 Å². The fourth-order valence-corrected chi connectivity index (χ4v) is 3.15. The smallest absolute Gasteiger partial charge is 0.388 e. The van der Waals surface area contributed by atoms with E-state index in [0.29, 0.717) is 0 Å². The van der Waals surface area contributed by atoms with Crippen LogP contribution in [-0.2, 0) is 6.18 Å². The number of hydrogen-bond donors (Lipinski definition) is 2. The SMILES string of the molecule is O=C1c2ccccc2C(O)C1C(O)c1c(F)c(F)c(C(F)(F)F)c(F)c1F. The van der Waals surface area contributed by atoms with Crippen molar-refractivity contribution in [2.24, 2.45) is 5.92 Å². The van der Waals surface area contributed by atoms with E-state index < -0.39 is 64.5 Å². The molecule has 3 atom stereocenters. The monoisotopic (exact) mass is 394 g/mol. The third-order valence-electron chi connectivity index (χ3n) is 4.40. The van der Waals surface area contributed by atoms with Gasteiger partial charge < -0.3 is 10.2 Å². The molecule has 0 fully saturated rings. The average Bonchev–Trinajstić information content (AvgIpc) is 2.83. The van der Waals surface area contributed by atoms with Gasteiger partial charge in [0.15, 0.2) is 29.1 Å². The lowest BCUT2D eigenvalue weighted by Gasteiger charge is -2.23. The number of alkyl halides is 3. The Hall–Kier alpha value is -2.46. The van der Waals surface area contributed by atoms with Gasteiger partial charge in [0.25, 0.3) is 0 Å². The van der Waals surface area contributed by atoms with Crippen LogP contribution in [0.25, 0.3) is 0 Å². The van der Waals surface area contributed by atoms with Crippen LogP contribution >= 0.6 is 0 Å². The van der Waals surface area contributed by atoms with Crippen LogP contribution in [0.2, 0.25) is 0 Å². The lowest BCUT2D eigenvalue weighted by Crippen LogP contribution is -2.26. The van der Waals surface area contributed by atoms with Crippen molar-refractivity contribution in [3.05, 3.63) is 69.8 Å². The van der Waals surface area contributed by atoms with Gasteiger partial charge in [-0.3, -0.25) is 4.79 Å². The Balaban J connectivity index is 2.15. The van der Waals surface area contributed by atoms with Crippen molar-refractivity contribution in [1.82, 2.24) is 0 Å². The molecule has 0 radical (unpaired) electrons. The molecule has 0 aliphatic heterocycles. The highest BCUT2D eigenvalue weighted by Crippen LogP contribution is 2.45. The van der Waals surface area contributed by atoms with Gasteiger partial charge in [-0.15, -0.1) is 0 Å². The zero-order valence-corrected chi connectivity index (χ0v) is 13.0. The number of rotatable bonds is 2. The summed E-state index contributed by atoms with van der Waals surface area (Å²) in [6.45, 7) is 0. The largest absolute Gasteiger partial charge is 0.422 e. The minimum Gasteiger partial charge on any atom is -0.388 e. The van der Waals surface area contributed by atoms with E-state index in [2.05, 4.69) is 0 Å². The molecule has 1 aliphatic rings. The fraction of sp³-hybridized carbons (Fsp3) is 0.235. The Kier molecular flexibility index (Phi) is 4.51. The van der Waals surface area contributed by atoms with Crippen LogP contribution in [0.3, 0.4) is 0 Å². The van der Waals surface area contributed by atoms with Gasteiger partial charge in [-0.25, -0.2) is 17.6 Å². The van der Waals surface area contributed by atoms with Crippen molar-refractivity contribution < 1.29 is 45.7 Å². The van der Waals surface area contributed by atoms with Crippen LogP contribution in [0.4, 0.5) is 30.7 Å². The highest BCUT2D eigenvalue weighted by Gasteiger charge is 2.48. The lowest BCUT2D eigenvalue weighted by molar-refractivity contribution is -0.143. The molecule has 27 heavy (non-hydrogen) atoms. The molecule has 10 heteroatoms. The Bertz CT molecular complexity index is 910. The first kappa shape index (κ1) is 19.3. The molecule has 1 aliphatic carbocycles. The number of aliphatic hydroxyl groups excluding tert-OH is 2. The number of Topliss-reactive ketones (excluding diaryl/α,β-unsaturated/α-hetero) is 1. The molecule has 0 aromatic heterocycles. The summed E-state index contributed by atoms with van der Waals surface area (Å²) in [7, 11) is 0. The molecule has 0 saturated carbocycles. The molecule has 2 aromatic carbocycles. The Morgan fingerprint density at radius 2 is 1.44 bits per heavy atom. The molecule has 0 heterocycles. The third kappa shape index (κ3) is 2.79. The second-order valence-electron chi connectivity index (χ2n) is 5.91. The van der Waals surface area contributed by atoms with E-state index in [4.69, 9.17) is 0 Å². The summed E-state index contributed by atoms with van der Waals surface area (Å²) in [5.41, 5.74) is -4.69. The van der Waals surface area contributed by atoms with Gasteiger partial charge in [-0.05, 0) is 5.56 Å². The lowest BCUT2D eigenvalue weighted by atomic mass is 9.89. The number of carbonyl (C=O) groups is 1. The highest BCUT2D eigenvalue weighted by atomic mass is 19.4. The van der Waals surface area contributed by atoms with E-state index in [0.717, 1.165) is 0 Å². The zero-order valence-electron chi connectivity index (χ0n) is 13.0. The number of ketones is 1. The normalized spacial score (nSPS) is 20.7. The van der Waals surface area contributed by atoms with Gasteiger partial charge in [-0.1, -0.05) is 24.3 Å². The van der Waals surface area contributed by atoms with Crippen molar-refractivity contribution >= 4 is 5.78 Å². The molecule has 0 amide bonds. The summed E-state index contributed by atoms with van der Waals surface area (Å²) in [5.74, 6) is -13.4. The zero-order chi connectivity index (χ0) is 20.3. The first-order chi connectivity index (χ1) is 12.5. The molecule has 3 rings (SSSR count). The van der Waals surface area contributed by atoms with Crippen molar-refractivity contribution in [3.63, 3.8) is 0 Å². The van der Waals surface area contributed by atoms with Gasteiger partial charge in [0.2, 0.25) is 0 Å². The van der Waals surface area contributed by atoms with Crippen LogP contribution in [0.15, 0.2) is 24.3 Å². The summed E-state index contributed by atoms with van der Waals surface area (Å²) in [5, 5.41) is 20.3. The molecule has 0 saturated heterocycles. The molecule has 3 unspecified atom stereocenters. The maximum absolute atomic E-state index is 14.1. The van der Waals surface area contributed by atoms with Crippen LogP contribution in [-0.4, -0.2) is 16.0 Å². The summed E-state index contributed by atoms with van der Waals surface area (Å²) in [6, 6.07) is 5.35. The van der Waals surface area contributed by atoms with E-state index >= 15 is 0 Å². The minimum atomic E-state index is -5.74. The predicted octanol–water partition coefficient (Wildman–Crippen LogP) is 3.84. The molecule has 0 spiro atoms. The average molecular weight is 394 g/mol. The van der Waals surface area contributed by atoms with E-state index in [1.165, 1.54) is 24.3 Å². The van der Waals surface area contributed by atoms with Crippen molar-refractivity contribution in [2.45, 2.75) is 18.4 Å². The minimum absolute atomic E-state index is 0.000205. The third-order valence-corrected chi connectivity index (χ3v) is 4.40. The maximum Gasteiger partial charge on any atom is 0.422 e. The van der Waals surface area contributed by atoms with Crippen molar-refractivity contribution in [3.8, 4) is 0 Å². The standard InChI is InChI=1S/C17H9F7O3/c18-10-7(11(19)13(21)9(12(10)20)17(22,23)24)16(27)8-14(25)5-3-1-2-4-6(5)15(8)26/h1-4,8,14,16,25,27H. The van der Waals surface area contributed by atoms with E-state index in [1.54, 1.807) is 0 Å². The summed E-state index contributed by atoms with van der Waals surface area (Å²) in [4.78, 5) is 12.3. The molecular formula is C17H9F7O3. The number of fused-ring (bicyclic) bond motifs is 1. The van der Waals surface area contributed by atoms with E-state index in [9.17, 15) is 45.7 Å². The molecular weight excluding hydrogens is 385 g/mol. The van der Waals surface area contributed by atoms with Crippen LogP contribution in [0.5, 0.6) is 0 Å². The Morgan fingerprint density at radius 1 is 0.926 bits per heavy atom. The summed E-state index contributed by atoms with van der Waals surface area (Å²) >= 11 is 0. The van der Waals surface area contributed by atoms with Gasteiger partial charge >= 0.3 is 6.18 Å². The Labute approximate surface area is 146 Å². The molecule has 0 bridgehead atoms. The fourth-order valence-electron chi connectivity index (χ4n) is 3.15. The first-order valence-electron chi connectivity index (χ1n) is 7.40. The summed E-state index contributed by atoms with van der Waals surface area (Å²) in [6.07, 6.45) is -10.2. The maximum atomic E-state index is 14.1. The van der Waals surface area contributed by atoms with Gasteiger partial charge in [0.05, 0.1) is 23.7 Å². The second kappa shape index (κ2) is 6.31. The van der Waals surface area contributed by atoms with Crippen molar-refractivity contribution in [2.75, 3.05) is 0 Å². The number of aliphatic hydroxyl groups is 2. The number of halogens is 7. The second-order valence-corrected chi connectivity index (χ2v) is 5.91. The van der Waals surface area contributed by atoms with Gasteiger partial charge in [0, 0.05) is 5.56 Å². The van der Waals surface area contributed by atoms with Crippen molar-refractivity contribution in [1.29, 1.82) is 0 Å². The highest BCUT2D eigenvalue weighted by molar-refractivity contribution is 6.03. The Morgan fingerprint density at radius 3 is 1.93 bits per heavy atom.